The number of amides is 1. The lowest BCUT2D eigenvalue weighted by Crippen LogP contribution is -2.31. The van der Waals surface area contributed by atoms with Gasteiger partial charge in [-0.05, 0) is 48.1 Å². The first-order valence-electron chi connectivity index (χ1n) is 9.46. The highest BCUT2D eigenvalue weighted by Gasteiger charge is 2.30. The topological polar surface area (TPSA) is 112 Å². The molecule has 30 heavy (non-hydrogen) atoms. The first-order chi connectivity index (χ1) is 14.5. The highest BCUT2D eigenvalue weighted by Crippen LogP contribution is 2.37. The number of carbonyl (C=O) groups is 1. The molecule has 1 aliphatic rings. The van der Waals surface area contributed by atoms with E-state index in [1.165, 1.54) is 22.9 Å². The van der Waals surface area contributed by atoms with Crippen LogP contribution in [0.25, 0.3) is 16.8 Å². The van der Waals surface area contributed by atoms with Crippen LogP contribution in [0.15, 0.2) is 52.6 Å². The van der Waals surface area contributed by atoms with Crippen molar-refractivity contribution in [2.45, 2.75) is 25.4 Å². The summed E-state index contributed by atoms with van der Waals surface area (Å²) in [6.07, 6.45) is 4.88. The zero-order valence-electron chi connectivity index (χ0n) is 15.9. The van der Waals surface area contributed by atoms with Crippen molar-refractivity contribution >= 4 is 29.0 Å². The number of nitro groups is 1. The number of rotatable bonds is 8. The van der Waals surface area contributed by atoms with Crippen molar-refractivity contribution in [2.75, 3.05) is 6.54 Å². The molecular weight excluding hydrogens is 406 g/mol. The zero-order valence-corrected chi connectivity index (χ0v) is 16.7. The molecule has 0 radical (unpaired) electrons. The lowest BCUT2D eigenvalue weighted by Gasteiger charge is -2.01. The molecule has 1 aliphatic carbocycles. The fourth-order valence-corrected chi connectivity index (χ4v) is 3.73. The van der Waals surface area contributed by atoms with Gasteiger partial charge in [-0.1, -0.05) is 6.07 Å². The number of nitrogens with one attached hydrogen (secondary N) is 1. The summed E-state index contributed by atoms with van der Waals surface area (Å²) in [5.74, 6) is 0.364. The van der Waals surface area contributed by atoms with Crippen molar-refractivity contribution in [3.8, 4) is 10.7 Å². The van der Waals surface area contributed by atoms with Gasteiger partial charge in [-0.15, -0.1) is 16.4 Å². The summed E-state index contributed by atoms with van der Waals surface area (Å²) in [7, 11) is 0. The molecule has 1 fully saturated rings. The predicted molar refractivity (Wildman–Crippen MR) is 113 cm³/mol. The van der Waals surface area contributed by atoms with E-state index in [4.69, 9.17) is 0 Å². The molecule has 4 rings (SSSR count). The molecule has 0 unspecified atom stereocenters. The van der Waals surface area contributed by atoms with Crippen LogP contribution in [0.5, 0.6) is 0 Å². The van der Waals surface area contributed by atoms with Gasteiger partial charge >= 0.3 is 5.69 Å². The Hall–Kier alpha value is -3.53. The Balaban J connectivity index is 1.36. The van der Waals surface area contributed by atoms with Crippen molar-refractivity contribution < 1.29 is 9.72 Å². The Morgan fingerprint density at radius 3 is 2.70 bits per heavy atom. The first-order valence-corrected chi connectivity index (χ1v) is 10.3. The van der Waals surface area contributed by atoms with Gasteiger partial charge in [0.05, 0.1) is 16.3 Å². The van der Waals surface area contributed by atoms with Gasteiger partial charge < -0.3 is 5.32 Å². The average molecular weight is 425 g/mol. The van der Waals surface area contributed by atoms with E-state index in [9.17, 15) is 19.7 Å². The van der Waals surface area contributed by atoms with Crippen LogP contribution in [0.3, 0.4) is 0 Å². The number of carbonyl (C=O) groups excluding carboxylic acids is 1. The summed E-state index contributed by atoms with van der Waals surface area (Å²) < 4.78 is 3.15. The van der Waals surface area contributed by atoms with Crippen LogP contribution in [-0.4, -0.2) is 31.7 Å². The number of nitro benzene ring substituents is 1. The molecule has 2 heterocycles. The quantitative estimate of drug-likeness (QED) is 0.339. The Morgan fingerprint density at radius 2 is 2.07 bits per heavy atom. The van der Waals surface area contributed by atoms with Crippen molar-refractivity contribution in [3.05, 3.63) is 74.0 Å². The van der Waals surface area contributed by atoms with Crippen LogP contribution >= 0.6 is 11.3 Å². The molecule has 0 spiro atoms. The number of benzene rings is 1. The molecule has 2 aromatic heterocycles. The summed E-state index contributed by atoms with van der Waals surface area (Å²) in [4.78, 5) is 35.9. The molecule has 1 amide bonds. The van der Waals surface area contributed by atoms with Crippen LogP contribution in [0.2, 0.25) is 0 Å². The van der Waals surface area contributed by atoms with Gasteiger partial charge in [0.2, 0.25) is 5.91 Å². The summed E-state index contributed by atoms with van der Waals surface area (Å²) in [5.41, 5.74) is 0.516. The average Bonchev–Trinajstić information content (AvgIpc) is 3.31. The lowest BCUT2D eigenvalue weighted by molar-refractivity contribution is -0.384. The highest BCUT2D eigenvalue weighted by molar-refractivity contribution is 7.13. The molecule has 1 saturated carbocycles. The molecular formula is C20H19N5O4S. The number of hydrogen-bond acceptors (Lipinski definition) is 6. The van der Waals surface area contributed by atoms with E-state index >= 15 is 0 Å². The highest BCUT2D eigenvalue weighted by atomic mass is 32.1. The number of thiophene rings is 1. The fraction of sp³-hybridized carbons (Fsp3) is 0.250. The van der Waals surface area contributed by atoms with Gasteiger partial charge in [-0.25, -0.2) is 9.48 Å². The van der Waals surface area contributed by atoms with Gasteiger partial charge in [0, 0.05) is 30.8 Å². The summed E-state index contributed by atoms with van der Waals surface area (Å²) >= 11 is 1.54. The number of nitrogens with zero attached hydrogens (tertiary/aromatic N) is 4. The molecule has 1 N–H and O–H groups in total. The van der Waals surface area contributed by atoms with Crippen LogP contribution in [0.1, 0.15) is 24.4 Å². The standard InChI is InChI=1S/C20H19N5O4S/c26-18(10-5-14-3-6-16(7-4-14)25(28)29)21-11-12-23-20(27)24(15-8-9-15)19(22-23)17-2-1-13-30-17/h1-7,10,13,15H,8-9,11-12H2,(H,21,26)/b10-5+. The monoisotopic (exact) mass is 425 g/mol. The van der Waals surface area contributed by atoms with E-state index in [2.05, 4.69) is 10.4 Å². The summed E-state index contributed by atoms with van der Waals surface area (Å²) in [5, 5.41) is 19.8. The Labute approximate surface area is 175 Å². The minimum Gasteiger partial charge on any atom is -0.351 e. The lowest BCUT2D eigenvalue weighted by atomic mass is 10.2. The molecule has 0 atom stereocenters. The maximum absolute atomic E-state index is 12.7. The maximum atomic E-state index is 12.7. The fourth-order valence-electron chi connectivity index (χ4n) is 3.02. The smallest absolute Gasteiger partial charge is 0.346 e. The largest absolute Gasteiger partial charge is 0.351 e. The molecule has 0 bridgehead atoms. The molecule has 3 aromatic rings. The van der Waals surface area contributed by atoms with Gasteiger partial charge in [-0.3, -0.25) is 19.5 Å². The third kappa shape index (κ3) is 4.38. The van der Waals surface area contributed by atoms with Crippen molar-refractivity contribution in [2.24, 2.45) is 0 Å². The van der Waals surface area contributed by atoms with E-state index in [0.717, 1.165) is 17.7 Å². The third-order valence-electron chi connectivity index (χ3n) is 4.68. The van der Waals surface area contributed by atoms with E-state index in [1.807, 2.05) is 17.5 Å². The van der Waals surface area contributed by atoms with E-state index in [-0.39, 0.29) is 36.4 Å². The molecule has 1 aromatic carbocycles. The van der Waals surface area contributed by atoms with Crippen molar-refractivity contribution in [3.63, 3.8) is 0 Å². The summed E-state index contributed by atoms with van der Waals surface area (Å²) in [6, 6.07) is 9.98. The Morgan fingerprint density at radius 1 is 1.30 bits per heavy atom. The minimum atomic E-state index is -0.476. The van der Waals surface area contributed by atoms with E-state index in [0.29, 0.717) is 11.4 Å². The second kappa shape index (κ2) is 8.46. The van der Waals surface area contributed by atoms with E-state index < -0.39 is 4.92 Å². The number of non-ortho nitro benzene ring substituents is 1. The van der Waals surface area contributed by atoms with E-state index in [1.54, 1.807) is 34.1 Å². The van der Waals surface area contributed by atoms with Gasteiger partial charge in [0.15, 0.2) is 5.82 Å². The predicted octanol–water partition coefficient (Wildman–Crippen LogP) is 2.85. The second-order valence-corrected chi connectivity index (χ2v) is 7.83. The SMILES string of the molecule is O=C(/C=C/c1ccc([N+](=O)[O-])cc1)NCCn1nc(-c2cccs2)n(C2CC2)c1=O. The maximum Gasteiger partial charge on any atom is 0.346 e. The van der Waals surface area contributed by atoms with Crippen LogP contribution in [0.4, 0.5) is 5.69 Å². The summed E-state index contributed by atoms with van der Waals surface area (Å²) in [6.45, 7) is 0.531. The van der Waals surface area contributed by atoms with Crippen molar-refractivity contribution in [1.82, 2.24) is 19.7 Å². The molecule has 0 saturated heterocycles. The van der Waals surface area contributed by atoms with Crippen LogP contribution < -0.4 is 11.0 Å². The van der Waals surface area contributed by atoms with Crippen molar-refractivity contribution in [1.29, 1.82) is 0 Å². The normalized spacial score (nSPS) is 13.6. The molecule has 10 heteroatoms. The number of aromatic nitrogens is 3. The van der Waals surface area contributed by atoms with Gasteiger partial charge in [-0.2, -0.15) is 0 Å². The Bertz CT molecular complexity index is 1140. The van der Waals surface area contributed by atoms with Crippen LogP contribution in [-0.2, 0) is 11.3 Å². The minimum absolute atomic E-state index is 0.00500. The van der Waals surface area contributed by atoms with Crippen LogP contribution in [0, 0.1) is 10.1 Å². The third-order valence-corrected chi connectivity index (χ3v) is 5.54. The second-order valence-electron chi connectivity index (χ2n) is 6.88. The Kier molecular flexibility index (Phi) is 5.57. The van der Waals surface area contributed by atoms with Gasteiger partial charge in [0.25, 0.3) is 5.69 Å². The first kappa shape index (κ1) is 19.8. The zero-order chi connectivity index (χ0) is 21.1. The number of hydrogen-bond donors (Lipinski definition) is 1. The molecule has 9 nitrogen and oxygen atoms in total. The van der Waals surface area contributed by atoms with Gasteiger partial charge in [0.1, 0.15) is 0 Å². The molecule has 154 valence electrons. The molecule has 0 aliphatic heterocycles.